The lowest BCUT2D eigenvalue weighted by Gasteiger charge is -2.22. The zero-order valence-electron chi connectivity index (χ0n) is 13.0. The van der Waals surface area contributed by atoms with Crippen molar-refractivity contribution in [3.8, 4) is 0 Å². The minimum atomic E-state index is -0.431. The van der Waals surface area contributed by atoms with Crippen molar-refractivity contribution < 1.29 is 9.53 Å². The molecule has 0 aromatic carbocycles. The molecule has 4 nitrogen and oxygen atoms in total. The summed E-state index contributed by atoms with van der Waals surface area (Å²) in [6.45, 7) is 8.99. The summed E-state index contributed by atoms with van der Waals surface area (Å²) in [6.07, 6.45) is 3.65. The second-order valence-corrected chi connectivity index (χ2v) is 5.61. The van der Waals surface area contributed by atoms with Crippen LogP contribution in [-0.4, -0.2) is 17.7 Å². The number of rotatable bonds is 7. The van der Waals surface area contributed by atoms with Gasteiger partial charge in [0.2, 0.25) is 0 Å². The number of carbonyl (C=O) groups excluding carboxylic acids is 1. The number of nitrogens with one attached hydrogen (secondary N) is 1. The van der Waals surface area contributed by atoms with Gasteiger partial charge in [-0.25, -0.2) is 9.78 Å². The largest absolute Gasteiger partial charge is 0.449 e. The third kappa shape index (κ3) is 5.19. The SMILES string of the molecule is CCCCCOC(=O)Nc1cccc(C(C)(C)CC)n1. The minimum absolute atomic E-state index is 0.00270. The zero-order chi connectivity index (χ0) is 15.0. The van der Waals surface area contributed by atoms with E-state index in [0.29, 0.717) is 12.4 Å². The molecular formula is C16H26N2O2. The van der Waals surface area contributed by atoms with Gasteiger partial charge in [-0.05, 0) is 25.0 Å². The number of pyridine rings is 1. The first-order valence-electron chi connectivity index (χ1n) is 7.41. The highest BCUT2D eigenvalue weighted by Gasteiger charge is 2.20. The van der Waals surface area contributed by atoms with Crippen LogP contribution in [-0.2, 0) is 10.2 Å². The Kier molecular flexibility index (Phi) is 6.49. The summed E-state index contributed by atoms with van der Waals surface area (Å²) in [5, 5.41) is 2.68. The molecule has 1 aromatic rings. The van der Waals surface area contributed by atoms with E-state index in [-0.39, 0.29) is 5.41 Å². The number of nitrogens with zero attached hydrogens (tertiary/aromatic N) is 1. The van der Waals surface area contributed by atoms with Crippen LogP contribution in [0.15, 0.2) is 18.2 Å². The van der Waals surface area contributed by atoms with E-state index < -0.39 is 6.09 Å². The fourth-order valence-corrected chi connectivity index (χ4v) is 1.72. The lowest BCUT2D eigenvalue weighted by atomic mass is 9.86. The monoisotopic (exact) mass is 278 g/mol. The van der Waals surface area contributed by atoms with Crippen molar-refractivity contribution in [1.29, 1.82) is 0 Å². The maximum Gasteiger partial charge on any atom is 0.412 e. The maximum absolute atomic E-state index is 11.6. The molecule has 0 fully saturated rings. The number of amides is 1. The molecule has 1 aromatic heterocycles. The van der Waals surface area contributed by atoms with Gasteiger partial charge in [-0.3, -0.25) is 5.32 Å². The molecule has 0 radical (unpaired) electrons. The number of ether oxygens (including phenoxy) is 1. The molecule has 0 atom stereocenters. The van der Waals surface area contributed by atoms with Gasteiger partial charge in [-0.2, -0.15) is 0 Å². The number of anilines is 1. The van der Waals surface area contributed by atoms with Crippen LogP contribution >= 0.6 is 0 Å². The topological polar surface area (TPSA) is 51.2 Å². The van der Waals surface area contributed by atoms with Crippen molar-refractivity contribution >= 4 is 11.9 Å². The molecular weight excluding hydrogens is 252 g/mol. The smallest absolute Gasteiger partial charge is 0.412 e. The Morgan fingerprint density at radius 3 is 2.70 bits per heavy atom. The molecule has 1 heterocycles. The first-order valence-corrected chi connectivity index (χ1v) is 7.41. The fraction of sp³-hybridized carbons (Fsp3) is 0.625. The van der Waals surface area contributed by atoms with E-state index in [2.05, 4.69) is 38.0 Å². The number of unbranched alkanes of at least 4 members (excludes halogenated alkanes) is 2. The molecule has 4 heteroatoms. The first-order chi connectivity index (χ1) is 9.49. The number of aromatic nitrogens is 1. The van der Waals surface area contributed by atoms with Crippen LogP contribution in [0.2, 0.25) is 0 Å². The summed E-state index contributed by atoms with van der Waals surface area (Å²) in [5.41, 5.74) is 0.978. The summed E-state index contributed by atoms with van der Waals surface area (Å²) < 4.78 is 5.11. The first kappa shape index (κ1) is 16.5. The van der Waals surface area contributed by atoms with E-state index in [1.54, 1.807) is 6.07 Å². The highest BCUT2D eigenvalue weighted by molar-refractivity contribution is 5.83. The summed E-state index contributed by atoms with van der Waals surface area (Å²) in [5.74, 6) is 0.546. The molecule has 112 valence electrons. The molecule has 0 aliphatic carbocycles. The highest BCUT2D eigenvalue weighted by atomic mass is 16.5. The third-order valence-corrected chi connectivity index (χ3v) is 3.54. The molecule has 0 aliphatic heterocycles. The second kappa shape index (κ2) is 7.88. The Morgan fingerprint density at radius 2 is 2.05 bits per heavy atom. The van der Waals surface area contributed by atoms with Gasteiger partial charge in [0.25, 0.3) is 0 Å². The van der Waals surface area contributed by atoms with Crippen molar-refractivity contribution in [2.24, 2.45) is 0 Å². The van der Waals surface area contributed by atoms with Crippen LogP contribution in [0.3, 0.4) is 0 Å². The second-order valence-electron chi connectivity index (χ2n) is 5.61. The summed E-state index contributed by atoms with van der Waals surface area (Å²) in [7, 11) is 0. The lowest BCUT2D eigenvalue weighted by Crippen LogP contribution is -2.20. The van der Waals surface area contributed by atoms with Crippen molar-refractivity contribution in [3.63, 3.8) is 0 Å². The van der Waals surface area contributed by atoms with Gasteiger partial charge in [0.15, 0.2) is 0 Å². The van der Waals surface area contributed by atoms with Gasteiger partial charge in [0.1, 0.15) is 5.82 Å². The maximum atomic E-state index is 11.6. The third-order valence-electron chi connectivity index (χ3n) is 3.54. The van der Waals surface area contributed by atoms with E-state index in [0.717, 1.165) is 31.4 Å². The van der Waals surface area contributed by atoms with E-state index in [1.807, 2.05) is 12.1 Å². The molecule has 20 heavy (non-hydrogen) atoms. The number of hydrogen-bond donors (Lipinski definition) is 1. The van der Waals surface area contributed by atoms with Crippen molar-refractivity contribution in [3.05, 3.63) is 23.9 Å². The van der Waals surface area contributed by atoms with Crippen LogP contribution in [0.4, 0.5) is 10.6 Å². The number of hydrogen-bond acceptors (Lipinski definition) is 3. The van der Waals surface area contributed by atoms with Gasteiger partial charge < -0.3 is 4.74 Å². The van der Waals surface area contributed by atoms with Crippen LogP contribution in [0.1, 0.15) is 59.1 Å². The van der Waals surface area contributed by atoms with E-state index in [1.165, 1.54) is 0 Å². The normalized spacial score (nSPS) is 11.2. The quantitative estimate of drug-likeness (QED) is 0.747. The van der Waals surface area contributed by atoms with Gasteiger partial charge in [-0.1, -0.05) is 46.6 Å². The Balaban J connectivity index is 2.56. The van der Waals surface area contributed by atoms with E-state index in [4.69, 9.17) is 4.74 Å². The Morgan fingerprint density at radius 1 is 1.30 bits per heavy atom. The van der Waals surface area contributed by atoms with Crippen molar-refractivity contribution in [2.75, 3.05) is 11.9 Å². The average molecular weight is 278 g/mol. The van der Waals surface area contributed by atoms with Crippen LogP contribution in [0.25, 0.3) is 0 Å². The molecule has 0 bridgehead atoms. The highest BCUT2D eigenvalue weighted by Crippen LogP contribution is 2.25. The fourth-order valence-electron chi connectivity index (χ4n) is 1.72. The van der Waals surface area contributed by atoms with Gasteiger partial charge in [-0.15, -0.1) is 0 Å². The Bertz CT molecular complexity index is 430. The number of carbonyl (C=O) groups is 1. The van der Waals surface area contributed by atoms with Crippen LogP contribution in [0, 0.1) is 0 Å². The van der Waals surface area contributed by atoms with E-state index >= 15 is 0 Å². The Labute approximate surface area is 121 Å². The van der Waals surface area contributed by atoms with Gasteiger partial charge in [0, 0.05) is 11.1 Å². The molecule has 1 N–H and O–H groups in total. The molecule has 1 amide bonds. The van der Waals surface area contributed by atoms with Crippen LogP contribution in [0.5, 0.6) is 0 Å². The van der Waals surface area contributed by atoms with E-state index in [9.17, 15) is 4.79 Å². The summed E-state index contributed by atoms with van der Waals surface area (Å²) in [4.78, 5) is 16.1. The molecule has 0 saturated heterocycles. The molecule has 0 saturated carbocycles. The van der Waals surface area contributed by atoms with Crippen LogP contribution < -0.4 is 5.32 Å². The summed E-state index contributed by atoms with van der Waals surface area (Å²) >= 11 is 0. The average Bonchev–Trinajstić information content (AvgIpc) is 2.44. The van der Waals surface area contributed by atoms with Gasteiger partial charge >= 0.3 is 6.09 Å². The van der Waals surface area contributed by atoms with Crippen molar-refractivity contribution in [1.82, 2.24) is 4.98 Å². The molecule has 0 spiro atoms. The zero-order valence-corrected chi connectivity index (χ0v) is 13.0. The predicted molar refractivity (Wildman–Crippen MR) is 82.0 cm³/mol. The van der Waals surface area contributed by atoms with Crippen molar-refractivity contribution in [2.45, 2.75) is 58.8 Å². The molecule has 1 rings (SSSR count). The predicted octanol–water partition coefficient (Wildman–Crippen LogP) is 4.51. The Hall–Kier alpha value is -1.58. The lowest BCUT2D eigenvalue weighted by molar-refractivity contribution is 0.159. The summed E-state index contributed by atoms with van der Waals surface area (Å²) in [6, 6.07) is 5.68. The van der Waals surface area contributed by atoms with Gasteiger partial charge in [0.05, 0.1) is 6.61 Å². The molecule has 0 aliphatic rings. The molecule has 0 unspecified atom stereocenters. The standard InChI is InChI=1S/C16H26N2O2/c1-5-7-8-12-20-15(19)18-14-11-9-10-13(17-14)16(3,4)6-2/h9-11H,5-8,12H2,1-4H3,(H,17,18,19). The minimum Gasteiger partial charge on any atom is -0.449 e.